The van der Waals surface area contributed by atoms with Gasteiger partial charge >= 0.3 is 0 Å². The molecular formula is C86H116O. The first-order chi connectivity index (χ1) is 42.9. The highest BCUT2D eigenvalue weighted by Gasteiger charge is 2.59. The Bertz CT molecular complexity index is 2990. The molecule has 4 spiro atoms. The van der Waals surface area contributed by atoms with Crippen LogP contribution in [-0.2, 0) is 54.0 Å². The Hall–Kier alpha value is -4.10. The summed E-state index contributed by atoms with van der Waals surface area (Å²) in [5.41, 5.74) is 17.1. The highest BCUT2D eigenvalue weighted by molar-refractivity contribution is 5.49. The summed E-state index contributed by atoms with van der Waals surface area (Å²) < 4.78 is 6.06. The Labute approximate surface area is 530 Å². The van der Waals surface area contributed by atoms with Crippen LogP contribution in [0.1, 0.15) is 295 Å². The van der Waals surface area contributed by atoms with E-state index in [1.807, 2.05) is 0 Å². The average Bonchev–Trinajstić information content (AvgIpc) is 1.62. The molecule has 8 unspecified atom stereocenters. The molecule has 12 aliphatic carbocycles. The summed E-state index contributed by atoms with van der Waals surface area (Å²) in [4.78, 5) is 0. The summed E-state index contributed by atoms with van der Waals surface area (Å²) in [5, 5.41) is 0. The van der Waals surface area contributed by atoms with Gasteiger partial charge in [-0.1, -0.05) is 257 Å². The van der Waals surface area contributed by atoms with Gasteiger partial charge in [-0.2, -0.15) is 0 Å². The topological polar surface area (TPSA) is 9.23 Å². The first-order valence-corrected chi connectivity index (χ1v) is 37.9. The standard InChI is InChI=1S/C26H32O.C21H30.C20H28.C19H26/c1-3-7-20(8-4-1)11-12-23-18-26(23)16-15-22-17-24(13-14-25(22)26)27-19-21-9-5-2-6-10-21;1-2-8-17(9-3-1)13-14-19-16-21(19)15-7-6-11-18-10-4-5-12-20(18)21;1-15-8-10-16(11-9-15)13-18-14-20(18)12-4-6-17-5-2-3-7-19(17)20;1-2-7-15(8-3-1)13-17-14-19(17)12-6-10-16-9-4-5-11-18(16)19/h2,5-6,9-10,13-14,17,20,23H,1,3-4,7-8,11-12,15-16,18-19H2;4-5,10,12,17,19H,1-3,6-9,11,13-16H2;2-3,5,7,15-16,18H,4,6,8-14H2,1H3;4-5,9,11,15,17H,1-3,6-8,10,12-14H2. The van der Waals surface area contributed by atoms with Crippen molar-refractivity contribution in [3.63, 3.8) is 0 Å². The van der Waals surface area contributed by atoms with Crippen molar-refractivity contribution >= 4 is 0 Å². The third-order valence-electron chi connectivity index (χ3n) is 27.1. The zero-order valence-corrected chi connectivity index (χ0v) is 54.8. The van der Waals surface area contributed by atoms with Crippen LogP contribution in [0.15, 0.2) is 121 Å². The molecule has 8 fully saturated rings. The molecule has 0 aliphatic heterocycles. The molecule has 17 rings (SSSR count). The van der Waals surface area contributed by atoms with Crippen LogP contribution in [0.2, 0.25) is 0 Å². The lowest BCUT2D eigenvalue weighted by Gasteiger charge is -2.30. The van der Waals surface area contributed by atoms with E-state index < -0.39 is 0 Å². The van der Waals surface area contributed by atoms with E-state index in [2.05, 4.69) is 128 Å². The molecule has 8 atom stereocenters. The lowest BCUT2D eigenvalue weighted by Crippen LogP contribution is -2.20. The summed E-state index contributed by atoms with van der Waals surface area (Å²) >= 11 is 0. The number of rotatable bonds is 13. The van der Waals surface area contributed by atoms with Crippen LogP contribution in [0.4, 0.5) is 0 Å². The SMILES string of the molecule is CC1CCC(CC2CC23CCCc2ccccc23)CC1.c1ccc(COc2ccc3c(c2)CCC32CC2CCC2CCCCC2)cc1.c1ccc2c(c1)CCCC21CC1CC1CCCCC1.c1ccc2c(c1)CCCCC21CC1CCC1CCCCC1. The van der Waals surface area contributed by atoms with Gasteiger partial charge < -0.3 is 4.74 Å². The van der Waals surface area contributed by atoms with Gasteiger partial charge in [-0.05, 0) is 259 Å². The van der Waals surface area contributed by atoms with E-state index in [9.17, 15) is 0 Å². The lowest BCUT2D eigenvalue weighted by atomic mass is 9.75. The number of benzene rings is 5. The number of hydrogen-bond acceptors (Lipinski definition) is 1. The van der Waals surface area contributed by atoms with Gasteiger partial charge in [0.25, 0.3) is 0 Å². The first-order valence-electron chi connectivity index (χ1n) is 37.9. The minimum absolute atomic E-state index is 0.544. The molecule has 466 valence electrons. The van der Waals surface area contributed by atoms with E-state index in [1.165, 1.54) is 269 Å². The fraction of sp³-hybridized carbons (Fsp3) is 0.651. The second-order valence-electron chi connectivity index (χ2n) is 32.5. The van der Waals surface area contributed by atoms with Crippen molar-refractivity contribution in [2.45, 2.75) is 298 Å². The summed E-state index contributed by atoms with van der Waals surface area (Å²) in [6.45, 7) is 3.10. The Kier molecular flexibility index (Phi) is 19.0. The predicted octanol–water partition coefficient (Wildman–Crippen LogP) is 23.6. The largest absolute Gasteiger partial charge is 0.489 e. The predicted molar refractivity (Wildman–Crippen MR) is 366 cm³/mol. The monoisotopic (exact) mass is 1160 g/mol. The Morgan fingerprint density at radius 3 is 1.30 bits per heavy atom. The van der Waals surface area contributed by atoms with Gasteiger partial charge in [0.05, 0.1) is 0 Å². The summed E-state index contributed by atoms with van der Waals surface area (Å²) in [7, 11) is 0. The van der Waals surface area contributed by atoms with Crippen molar-refractivity contribution in [3.05, 3.63) is 171 Å². The summed E-state index contributed by atoms with van der Waals surface area (Å²) in [5.74, 6) is 10.2. The number of hydrogen-bond donors (Lipinski definition) is 0. The zero-order chi connectivity index (χ0) is 58.5. The van der Waals surface area contributed by atoms with Gasteiger partial charge in [-0.3, -0.25) is 0 Å². The molecule has 0 saturated heterocycles. The maximum atomic E-state index is 6.06. The smallest absolute Gasteiger partial charge is 0.120 e. The van der Waals surface area contributed by atoms with Crippen molar-refractivity contribution in [1.29, 1.82) is 0 Å². The van der Waals surface area contributed by atoms with Crippen molar-refractivity contribution in [2.24, 2.45) is 53.3 Å². The van der Waals surface area contributed by atoms with Gasteiger partial charge in [0.1, 0.15) is 12.4 Å². The third-order valence-corrected chi connectivity index (χ3v) is 27.1. The van der Waals surface area contributed by atoms with Gasteiger partial charge in [-0.25, -0.2) is 0 Å². The quantitative estimate of drug-likeness (QED) is 0.114. The first kappa shape index (κ1) is 60.5. The Balaban J connectivity index is 0.000000103. The summed E-state index contributed by atoms with van der Waals surface area (Å²) in [6, 6.07) is 45.4. The molecule has 0 radical (unpaired) electrons. The zero-order valence-electron chi connectivity index (χ0n) is 54.8. The van der Waals surface area contributed by atoms with Gasteiger partial charge in [-0.15, -0.1) is 0 Å². The molecule has 5 aromatic rings. The maximum absolute atomic E-state index is 6.06. The average molecular weight is 1170 g/mol. The van der Waals surface area contributed by atoms with E-state index in [4.69, 9.17) is 4.74 Å². The van der Waals surface area contributed by atoms with E-state index in [1.54, 1.807) is 44.5 Å². The van der Waals surface area contributed by atoms with Gasteiger partial charge in [0.2, 0.25) is 0 Å². The van der Waals surface area contributed by atoms with Crippen molar-refractivity contribution in [2.75, 3.05) is 0 Å². The third kappa shape index (κ3) is 13.8. The van der Waals surface area contributed by atoms with Crippen molar-refractivity contribution in [1.82, 2.24) is 0 Å². The van der Waals surface area contributed by atoms with Crippen LogP contribution in [0.25, 0.3) is 0 Å². The molecule has 0 aromatic heterocycles. The van der Waals surface area contributed by atoms with Crippen LogP contribution in [-0.4, -0.2) is 0 Å². The molecule has 87 heavy (non-hydrogen) atoms. The second-order valence-corrected chi connectivity index (χ2v) is 32.5. The normalized spacial score (nSPS) is 32.8. The molecule has 0 amide bonds. The molecule has 1 heteroatoms. The Morgan fingerprint density at radius 1 is 0.333 bits per heavy atom. The van der Waals surface area contributed by atoms with E-state index in [0.29, 0.717) is 28.3 Å². The van der Waals surface area contributed by atoms with Crippen molar-refractivity contribution < 1.29 is 4.74 Å². The van der Waals surface area contributed by atoms with E-state index in [-0.39, 0.29) is 0 Å². The van der Waals surface area contributed by atoms with E-state index in [0.717, 1.165) is 59.0 Å². The number of fused-ring (bicyclic) bond motifs is 8. The highest BCUT2D eigenvalue weighted by Crippen LogP contribution is 2.66. The maximum Gasteiger partial charge on any atom is 0.120 e. The van der Waals surface area contributed by atoms with Crippen LogP contribution in [0.5, 0.6) is 5.75 Å². The van der Waals surface area contributed by atoms with Crippen LogP contribution in [0, 0.1) is 53.3 Å². The molecule has 0 N–H and O–H groups in total. The molecular weight excluding hydrogens is 1050 g/mol. The number of ether oxygens (including phenoxy) is 1. The fourth-order valence-electron chi connectivity index (χ4n) is 21.7. The molecule has 0 heterocycles. The molecule has 0 bridgehead atoms. The highest BCUT2D eigenvalue weighted by atomic mass is 16.5. The fourth-order valence-corrected chi connectivity index (χ4v) is 21.7. The minimum atomic E-state index is 0.544. The second kappa shape index (κ2) is 27.4. The minimum Gasteiger partial charge on any atom is -0.489 e. The van der Waals surface area contributed by atoms with Gasteiger partial charge in [0.15, 0.2) is 0 Å². The molecule has 1 nitrogen and oxygen atoms in total. The number of aryl methyl sites for hydroxylation is 4. The van der Waals surface area contributed by atoms with Crippen molar-refractivity contribution in [3.8, 4) is 5.75 Å². The van der Waals surface area contributed by atoms with Crippen LogP contribution >= 0.6 is 0 Å². The van der Waals surface area contributed by atoms with Crippen LogP contribution < -0.4 is 4.74 Å². The Morgan fingerprint density at radius 2 is 0.759 bits per heavy atom. The molecule has 5 aromatic carbocycles. The van der Waals surface area contributed by atoms with Gasteiger partial charge in [0, 0.05) is 0 Å². The summed E-state index contributed by atoms with van der Waals surface area (Å²) in [6.07, 6.45) is 60.2. The van der Waals surface area contributed by atoms with E-state index >= 15 is 0 Å². The van der Waals surface area contributed by atoms with Crippen LogP contribution in [0.3, 0.4) is 0 Å². The molecule has 12 aliphatic rings. The molecule has 8 saturated carbocycles. The lowest BCUT2D eigenvalue weighted by molar-refractivity contribution is 0.261.